The minimum Gasteiger partial charge on any atom is -0.471 e. The number of ether oxygens (including phenoxy) is 2. The van der Waals surface area contributed by atoms with Gasteiger partial charge in [0.2, 0.25) is 5.88 Å². The topological polar surface area (TPSA) is 73.6 Å². The molecule has 6 nitrogen and oxygen atoms in total. The van der Waals surface area contributed by atoms with E-state index >= 15 is 0 Å². The molecule has 1 aromatic rings. The minimum absolute atomic E-state index is 0.0442. The Morgan fingerprint density at radius 1 is 1.30 bits per heavy atom. The van der Waals surface area contributed by atoms with Crippen LogP contribution in [0.1, 0.15) is 39.7 Å². The molecule has 23 heavy (non-hydrogen) atoms. The zero-order chi connectivity index (χ0) is 16.7. The van der Waals surface area contributed by atoms with E-state index < -0.39 is 18.3 Å². The van der Waals surface area contributed by atoms with Crippen LogP contribution in [0.4, 0.5) is 0 Å². The van der Waals surface area contributed by atoms with Gasteiger partial charge in [-0.1, -0.05) is 0 Å². The van der Waals surface area contributed by atoms with Crippen molar-refractivity contribution in [1.82, 2.24) is 4.98 Å². The summed E-state index contributed by atoms with van der Waals surface area (Å²) in [6.07, 6.45) is 2.41. The molecular formula is C16H21BN2O4. The van der Waals surface area contributed by atoms with Crippen LogP contribution in [0.25, 0.3) is 0 Å². The molecule has 3 rings (SSSR count). The molecule has 0 aromatic carbocycles. The maximum absolute atomic E-state index is 9.38. The van der Waals surface area contributed by atoms with Crippen molar-refractivity contribution in [3.63, 3.8) is 0 Å². The molecule has 0 amide bonds. The van der Waals surface area contributed by atoms with Gasteiger partial charge in [0, 0.05) is 18.1 Å². The zero-order valence-corrected chi connectivity index (χ0v) is 14.0. The molecule has 0 radical (unpaired) electrons. The van der Waals surface area contributed by atoms with Crippen molar-refractivity contribution in [3.8, 4) is 11.9 Å². The molecule has 0 spiro atoms. The maximum atomic E-state index is 9.38. The van der Waals surface area contributed by atoms with Gasteiger partial charge in [0.1, 0.15) is 17.7 Å². The van der Waals surface area contributed by atoms with Crippen LogP contribution in [0.5, 0.6) is 5.88 Å². The molecule has 1 atom stereocenters. The molecule has 0 aliphatic carbocycles. The summed E-state index contributed by atoms with van der Waals surface area (Å²) in [5, 5.41) is 9.38. The molecule has 3 heterocycles. The summed E-state index contributed by atoms with van der Waals surface area (Å²) in [5.41, 5.74) is 0.237. The Morgan fingerprint density at radius 2 is 2.00 bits per heavy atom. The van der Waals surface area contributed by atoms with Gasteiger partial charge >= 0.3 is 7.12 Å². The molecule has 122 valence electrons. The maximum Gasteiger partial charge on any atom is 0.496 e. The lowest BCUT2D eigenvalue weighted by Gasteiger charge is -2.32. The second-order valence-corrected chi connectivity index (χ2v) is 6.92. The van der Waals surface area contributed by atoms with E-state index in [-0.39, 0.29) is 6.10 Å². The molecule has 0 bridgehead atoms. The molecule has 2 aliphatic rings. The summed E-state index contributed by atoms with van der Waals surface area (Å²) < 4.78 is 23.0. The highest BCUT2D eigenvalue weighted by molar-refractivity contribution is 6.62. The summed E-state index contributed by atoms with van der Waals surface area (Å²) in [4.78, 5) is 4.29. The Kier molecular flexibility index (Phi) is 4.09. The van der Waals surface area contributed by atoms with Gasteiger partial charge in [-0.3, -0.25) is 0 Å². The van der Waals surface area contributed by atoms with E-state index in [1.807, 2.05) is 27.7 Å². The van der Waals surface area contributed by atoms with Gasteiger partial charge in [-0.05, 0) is 33.8 Å². The van der Waals surface area contributed by atoms with Crippen molar-refractivity contribution in [2.75, 3.05) is 13.2 Å². The van der Waals surface area contributed by atoms with E-state index in [2.05, 4.69) is 11.1 Å². The van der Waals surface area contributed by atoms with Gasteiger partial charge < -0.3 is 18.8 Å². The number of aromatic nitrogens is 1. The number of nitrogens with zero attached hydrogens (tertiary/aromatic N) is 2. The van der Waals surface area contributed by atoms with Crippen LogP contribution in [0.3, 0.4) is 0 Å². The molecule has 0 saturated carbocycles. The van der Waals surface area contributed by atoms with Crippen LogP contribution in [-0.2, 0) is 14.0 Å². The molecule has 2 aliphatic heterocycles. The van der Waals surface area contributed by atoms with Crippen LogP contribution in [0, 0.1) is 11.3 Å². The quantitative estimate of drug-likeness (QED) is 0.785. The lowest BCUT2D eigenvalue weighted by Crippen LogP contribution is -2.41. The van der Waals surface area contributed by atoms with Crippen LogP contribution in [0.2, 0.25) is 0 Å². The van der Waals surface area contributed by atoms with Crippen molar-refractivity contribution in [2.24, 2.45) is 0 Å². The molecule has 0 N–H and O–H groups in total. The molecule has 2 fully saturated rings. The average Bonchev–Trinajstić information content (AvgIpc) is 3.06. The molecule has 1 unspecified atom stereocenters. The third-order valence-corrected chi connectivity index (χ3v) is 4.68. The number of pyridine rings is 1. The number of nitriles is 1. The number of hydrogen-bond donors (Lipinski definition) is 0. The Morgan fingerprint density at radius 3 is 2.57 bits per heavy atom. The fourth-order valence-electron chi connectivity index (χ4n) is 2.51. The Labute approximate surface area is 136 Å². The van der Waals surface area contributed by atoms with Crippen molar-refractivity contribution in [2.45, 2.75) is 51.4 Å². The van der Waals surface area contributed by atoms with E-state index in [1.54, 1.807) is 12.3 Å². The van der Waals surface area contributed by atoms with Crippen LogP contribution in [-0.4, -0.2) is 42.6 Å². The minimum atomic E-state index is -0.538. The highest BCUT2D eigenvalue weighted by atomic mass is 16.7. The van der Waals surface area contributed by atoms with Gasteiger partial charge in [0.05, 0.1) is 24.4 Å². The molecule has 1 aromatic heterocycles. The summed E-state index contributed by atoms with van der Waals surface area (Å²) >= 11 is 0. The summed E-state index contributed by atoms with van der Waals surface area (Å²) in [5.74, 6) is 0.336. The van der Waals surface area contributed by atoms with Crippen molar-refractivity contribution < 1.29 is 18.8 Å². The van der Waals surface area contributed by atoms with Gasteiger partial charge in [0.25, 0.3) is 0 Å². The Hall–Kier alpha value is -1.62. The van der Waals surface area contributed by atoms with Crippen LogP contribution < -0.4 is 10.2 Å². The summed E-state index contributed by atoms with van der Waals surface area (Å²) in [6, 6.07) is 3.86. The van der Waals surface area contributed by atoms with Gasteiger partial charge in [-0.2, -0.15) is 5.26 Å². The van der Waals surface area contributed by atoms with Gasteiger partial charge in [-0.15, -0.1) is 0 Å². The highest BCUT2D eigenvalue weighted by Gasteiger charge is 2.52. The fraction of sp³-hybridized carbons (Fsp3) is 0.625. The molecule has 7 heteroatoms. The first-order valence-corrected chi connectivity index (χ1v) is 7.82. The second-order valence-electron chi connectivity index (χ2n) is 6.92. The third-order valence-electron chi connectivity index (χ3n) is 4.68. The predicted molar refractivity (Wildman–Crippen MR) is 84.5 cm³/mol. The van der Waals surface area contributed by atoms with E-state index in [1.165, 1.54) is 0 Å². The van der Waals surface area contributed by atoms with E-state index in [0.29, 0.717) is 24.7 Å². The first-order chi connectivity index (χ1) is 10.8. The van der Waals surface area contributed by atoms with Crippen LogP contribution in [0.15, 0.2) is 12.3 Å². The summed E-state index contributed by atoms with van der Waals surface area (Å²) in [6.45, 7) is 9.17. The van der Waals surface area contributed by atoms with Crippen molar-refractivity contribution in [1.29, 1.82) is 5.26 Å². The molecule has 2 saturated heterocycles. The lowest BCUT2D eigenvalue weighted by molar-refractivity contribution is 0.00578. The first-order valence-electron chi connectivity index (χ1n) is 7.82. The van der Waals surface area contributed by atoms with Crippen LogP contribution >= 0.6 is 0 Å². The highest BCUT2D eigenvalue weighted by Crippen LogP contribution is 2.36. The largest absolute Gasteiger partial charge is 0.496 e. The normalized spacial score (nSPS) is 25.3. The van der Waals surface area contributed by atoms with Crippen molar-refractivity contribution in [3.05, 3.63) is 17.8 Å². The third kappa shape index (κ3) is 3.07. The van der Waals surface area contributed by atoms with Crippen molar-refractivity contribution >= 4 is 12.6 Å². The first kappa shape index (κ1) is 16.3. The Balaban J connectivity index is 1.81. The number of rotatable bonds is 3. The average molecular weight is 316 g/mol. The van der Waals surface area contributed by atoms with E-state index in [0.717, 1.165) is 11.9 Å². The predicted octanol–water partition coefficient (Wildman–Crippen LogP) is 1.42. The number of hydrogen-bond acceptors (Lipinski definition) is 6. The summed E-state index contributed by atoms with van der Waals surface area (Å²) in [7, 11) is -0.538. The standard InChI is InChI=1S/C16H21BN2O4/c1-15(2)16(3,4)23-17(22-15)12-7-11(8-18)14(19-9-12)21-13-5-6-20-10-13/h7,9,13H,5-6,10H2,1-4H3. The lowest BCUT2D eigenvalue weighted by atomic mass is 9.80. The van der Waals surface area contributed by atoms with E-state index in [9.17, 15) is 5.26 Å². The second kappa shape index (κ2) is 5.79. The molecular weight excluding hydrogens is 295 g/mol. The SMILES string of the molecule is CC1(C)OB(c2cnc(OC3CCOC3)c(C#N)c2)OC1(C)C. The zero-order valence-electron chi connectivity index (χ0n) is 14.0. The van der Waals surface area contributed by atoms with E-state index in [4.69, 9.17) is 18.8 Å². The Bertz CT molecular complexity index is 619. The fourth-order valence-corrected chi connectivity index (χ4v) is 2.51. The van der Waals surface area contributed by atoms with Gasteiger partial charge in [-0.25, -0.2) is 4.98 Å². The van der Waals surface area contributed by atoms with Gasteiger partial charge in [0.15, 0.2) is 0 Å². The monoisotopic (exact) mass is 316 g/mol. The smallest absolute Gasteiger partial charge is 0.471 e.